The Morgan fingerprint density at radius 2 is 2.31 bits per heavy atom. The predicted octanol–water partition coefficient (Wildman–Crippen LogP) is 0.688. The van der Waals surface area contributed by atoms with Gasteiger partial charge in [0.15, 0.2) is 0 Å². The van der Waals surface area contributed by atoms with Crippen LogP contribution in [0.3, 0.4) is 0 Å². The molecule has 0 saturated carbocycles. The van der Waals surface area contributed by atoms with E-state index in [4.69, 9.17) is 10.5 Å². The van der Waals surface area contributed by atoms with E-state index in [2.05, 4.69) is 17.6 Å². The van der Waals surface area contributed by atoms with Crippen molar-refractivity contribution in [3.05, 3.63) is 29.3 Å². The van der Waals surface area contributed by atoms with Crippen LogP contribution in [0.15, 0.2) is 18.2 Å². The highest BCUT2D eigenvalue weighted by Crippen LogP contribution is 2.27. The number of benzene rings is 1. The van der Waals surface area contributed by atoms with Crippen LogP contribution in [-0.2, 0) is 6.42 Å². The highest BCUT2D eigenvalue weighted by molar-refractivity contribution is 5.40. The van der Waals surface area contributed by atoms with E-state index in [9.17, 15) is 0 Å². The second-order valence-electron chi connectivity index (χ2n) is 4.28. The van der Waals surface area contributed by atoms with Gasteiger partial charge in [0, 0.05) is 27.1 Å². The third-order valence-corrected chi connectivity index (χ3v) is 2.77. The minimum absolute atomic E-state index is 0.167. The molecule has 88 valence electrons. The van der Waals surface area contributed by atoms with Crippen molar-refractivity contribution in [3.8, 4) is 5.75 Å². The Labute approximate surface area is 96.3 Å². The van der Waals surface area contributed by atoms with Crippen LogP contribution in [0.5, 0.6) is 5.75 Å². The summed E-state index contributed by atoms with van der Waals surface area (Å²) in [5.74, 6) is 1.02. The van der Waals surface area contributed by atoms with Crippen LogP contribution in [-0.4, -0.2) is 32.3 Å². The summed E-state index contributed by atoms with van der Waals surface area (Å²) in [6.45, 7) is 1.38. The molecule has 1 atom stereocenters. The van der Waals surface area contributed by atoms with Gasteiger partial charge in [-0.1, -0.05) is 12.1 Å². The molecule has 4 heteroatoms. The zero-order chi connectivity index (χ0) is 11.5. The Bertz CT molecular complexity index is 365. The van der Waals surface area contributed by atoms with Gasteiger partial charge in [-0.05, 0) is 17.2 Å². The molecule has 0 saturated heterocycles. The maximum Gasteiger partial charge on any atom is 0.122 e. The molecule has 0 aromatic heterocycles. The summed E-state index contributed by atoms with van der Waals surface area (Å²) in [7, 11) is 3.94. The average molecular weight is 221 g/mol. The number of ether oxygens (including phenoxy) is 1. The normalized spacial score (nSPS) is 16.0. The summed E-state index contributed by atoms with van der Waals surface area (Å²) in [6, 6.07) is 6.48. The molecule has 0 spiro atoms. The molecule has 1 aromatic carbocycles. The first kappa shape index (κ1) is 11.4. The lowest BCUT2D eigenvalue weighted by Crippen LogP contribution is -2.38. The van der Waals surface area contributed by atoms with Crippen LogP contribution in [0, 0.1) is 0 Å². The second kappa shape index (κ2) is 4.82. The van der Waals surface area contributed by atoms with Gasteiger partial charge in [0.1, 0.15) is 5.75 Å². The molecule has 0 radical (unpaired) electrons. The van der Waals surface area contributed by atoms with E-state index in [1.54, 1.807) is 0 Å². The quantitative estimate of drug-likeness (QED) is 0.734. The largest absolute Gasteiger partial charge is 0.493 e. The fourth-order valence-electron chi connectivity index (χ4n) is 2.00. The molecule has 1 heterocycles. The maximum atomic E-state index is 5.78. The van der Waals surface area contributed by atoms with Gasteiger partial charge in [0.2, 0.25) is 0 Å². The summed E-state index contributed by atoms with van der Waals surface area (Å²) in [6.07, 6.45) is 1.00. The monoisotopic (exact) mass is 221 g/mol. The molecular weight excluding hydrogens is 202 g/mol. The number of rotatable bonds is 4. The SMILES string of the molecule is CN(C)NC(CN)c1ccc2c(c1)CCO2. The summed E-state index contributed by atoms with van der Waals surface area (Å²) < 4.78 is 5.49. The Morgan fingerprint density at radius 1 is 1.50 bits per heavy atom. The minimum atomic E-state index is 0.167. The standard InChI is InChI=1S/C12H19N3O/c1-15(2)14-11(8-13)9-3-4-12-10(7-9)5-6-16-12/h3-4,7,11,14H,5-6,8,13H2,1-2H3. The molecule has 0 fully saturated rings. The van der Waals surface area contributed by atoms with Crippen molar-refractivity contribution < 1.29 is 4.74 Å². The van der Waals surface area contributed by atoms with Gasteiger partial charge in [-0.3, -0.25) is 0 Å². The average Bonchev–Trinajstić information content (AvgIpc) is 2.72. The fraction of sp³-hybridized carbons (Fsp3) is 0.500. The van der Waals surface area contributed by atoms with E-state index in [0.29, 0.717) is 6.54 Å². The first-order valence-corrected chi connectivity index (χ1v) is 5.60. The molecule has 1 aliphatic heterocycles. The Hall–Kier alpha value is -1.10. The number of nitrogens with two attached hydrogens (primary N) is 1. The Kier molecular flexibility index (Phi) is 3.43. The number of hydrogen-bond acceptors (Lipinski definition) is 4. The van der Waals surface area contributed by atoms with Crippen LogP contribution in [0.25, 0.3) is 0 Å². The molecular formula is C12H19N3O. The van der Waals surface area contributed by atoms with E-state index in [1.807, 2.05) is 25.2 Å². The second-order valence-corrected chi connectivity index (χ2v) is 4.28. The van der Waals surface area contributed by atoms with Crippen molar-refractivity contribution >= 4 is 0 Å². The molecule has 4 nitrogen and oxygen atoms in total. The van der Waals surface area contributed by atoms with Crippen LogP contribution in [0.1, 0.15) is 17.2 Å². The number of nitrogens with one attached hydrogen (secondary N) is 1. The van der Waals surface area contributed by atoms with Crippen molar-refractivity contribution in [2.75, 3.05) is 27.2 Å². The van der Waals surface area contributed by atoms with Crippen molar-refractivity contribution in [1.29, 1.82) is 0 Å². The van der Waals surface area contributed by atoms with Gasteiger partial charge in [-0.2, -0.15) is 0 Å². The molecule has 1 unspecified atom stereocenters. The van der Waals surface area contributed by atoms with E-state index in [1.165, 1.54) is 11.1 Å². The summed E-state index contributed by atoms with van der Waals surface area (Å²) in [4.78, 5) is 0. The summed E-state index contributed by atoms with van der Waals surface area (Å²) in [5, 5.41) is 1.93. The highest BCUT2D eigenvalue weighted by Gasteiger charge is 2.16. The molecule has 0 amide bonds. The van der Waals surface area contributed by atoms with Crippen molar-refractivity contribution in [2.24, 2.45) is 5.73 Å². The summed E-state index contributed by atoms with van der Waals surface area (Å²) in [5.41, 5.74) is 11.6. The molecule has 0 aliphatic carbocycles. The van der Waals surface area contributed by atoms with E-state index in [-0.39, 0.29) is 6.04 Å². The predicted molar refractivity (Wildman–Crippen MR) is 64.3 cm³/mol. The lowest BCUT2D eigenvalue weighted by molar-refractivity contribution is 0.245. The third kappa shape index (κ3) is 2.35. The third-order valence-electron chi connectivity index (χ3n) is 2.77. The van der Waals surface area contributed by atoms with E-state index >= 15 is 0 Å². The molecule has 1 aromatic rings. The van der Waals surface area contributed by atoms with Gasteiger partial charge in [0.05, 0.1) is 12.6 Å². The lowest BCUT2D eigenvalue weighted by atomic mass is 10.0. The van der Waals surface area contributed by atoms with Gasteiger partial charge in [0.25, 0.3) is 0 Å². The minimum Gasteiger partial charge on any atom is -0.493 e. The number of hydrazine groups is 1. The fourth-order valence-corrected chi connectivity index (χ4v) is 2.00. The van der Waals surface area contributed by atoms with Crippen molar-refractivity contribution in [3.63, 3.8) is 0 Å². The first-order chi connectivity index (χ1) is 7.70. The van der Waals surface area contributed by atoms with E-state index in [0.717, 1.165) is 18.8 Å². The van der Waals surface area contributed by atoms with Crippen molar-refractivity contribution in [1.82, 2.24) is 10.4 Å². The molecule has 16 heavy (non-hydrogen) atoms. The summed E-state index contributed by atoms with van der Waals surface area (Å²) >= 11 is 0. The number of hydrogen-bond donors (Lipinski definition) is 2. The molecule has 1 aliphatic rings. The topological polar surface area (TPSA) is 50.5 Å². The maximum absolute atomic E-state index is 5.78. The van der Waals surface area contributed by atoms with Gasteiger partial charge >= 0.3 is 0 Å². The zero-order valence-corrected chi connectivity index (χ0v) is 9.86. The van der Waals surface area contributed by atoms with Gasteiger partial charge < -0.3 is 10.5 Å². The van der Waals surface area contributed by atoms with E-state index < -0.39 is 0 Å². The smallest absolute Gasteiger partial charge is 0.122 e. The zero-order valence-electron chi connectivity index (χ0n) is 9.86. The van der Waals surface area contributed by atoms with Crippen LogP contribution in [0.2, 0.25) is 0 Å². The van der Waals surface area contributed by atoms with Crippen LogP contribution in [0.4, 0.5) is 0 Å². The number of fused-ring (bicyclic) bond motifs is 1. The van der Waals surface area contributed by atoms with Gasteiger partial charge in [-0.25, -0.2) is 10.4 Å². The first-order valence-electron chi connectivity index (χ1n) is 5.60. The Balaban J connectivity index is 2.18. The molecule has 2 rings (SSSR count). The molecule has 3 N–H and O–H groups in total. The van der Waals surface area contributed by atoms with Crippen molar-refractivity contribution in [2.45, 2.75) is 12.5 Å². The van der Waals surface area contributed by atoms with Crippen LogP contribution < -0.4 is 15.9 Å². The van der Waals surface area contributed by atoms with Crippen LogP contribution >= 0.6 is 0 Å². The molecule has 0 bridgehead atoms. The lowest BCUT2D eigenvalue weighted by Gasteiger charge is -2.22. The van der Waals surface area contributed by atoms with Gasteiger partial charge in [-0.15, -0.1) is 0 Å². The number of nitrogens with zero attached hydrogens (tertiary/aromatic N) is 1. The highest BCUT2D eigenvalue weighted by atomic mass is 16.5. The Morgan fingerprint density at radius 3 is 3.00 bits per heavy atom.